The Morgan fingerprint density at radius 1 is 0.437 bits per heavy atom. The number of nitrogens with one attached hydrogen (secondary N) is 5. The van der Waals surface area contributed by atoms with Gasteiger partial charge in [-0.1, -0.05) is 102 Å². The van der Waals surface area contributed by atoms with Crippen molar-refractivity contribution in [2.45, 2.75) is 222 Å². The number of carbonyl (C=O) groups excluding carboxylic acids is 11. The zero-order chi connectivity index (χ0) is 67.4. The maximum atomic E-state index is 15.1. The zero-order valence-electron chi connectivity index (χ0n) is 56.3. The minimum atomic E-state index is -1.80. The molecule has 1 saturated heterocycles. The number of carbonyl (C=O) groups is 11. The Kier molecular flexibility index (Phi) is 32.9. The molecule has 1 aliphatic heterocycles. The number of rotatable bonds is 17. The molecule has 0 unspecified atom stereocenters. The third kappa shape index (κ3) is 23.7. The molecule has 0 spiro atoms. The van der Waals surface area contributed by atoms with Crippen molar-refractivity contribution >= 4 is 65.0 Å². The molecule has 0 radical (unpaired) electrons. The van der Waals surface area contributed by atoms with Crippen molar-refractivity contribution in [2.75, 3.05) is 55.4 Å². The van der Waals surface area contributed by atoms with E-state index in [1.165, 1.54) is 78.9 Å². The van der Waals surface area contributed by atoms with Crippen LogP contribution in [-0.4, -0.2) is 238 Å². The molecule has 1 aliphatic rings. The Hall–Kier alpha value is -6.21. The lowest BCUT2D eigenvalue weighted by atomic mass is 9.91. The van der Waals surface area contributed by atoms with E-state index in [-0.39, 0.29) is 74.7 Å². The summed E-state index contributed by atoms with van der Waals surface area (Å²) in [5.41, 5.74) is 0. The number of nitrogens with zero attached hydrogens (tertiary/aromatic N) is 6. The van der Waals surface area contributed by atoms with Gasteiger partial charge in [-0.25, -0.2) is 0 Å². The Labute approximate surface area is 518 Å². The third-order valence-electron chi connectivity index (χ3n) is 15.8. The standard InChI is InChI=1S/C62H111N11O14/c1-33(2)27-43-59(84)71(20)46(30-36(7)8)54(79)63-40(14)53(78)64-41(15)58(83)70(19)47(31-37(9)10)56(81)66-44(28-34(3)4)60(85)72(21)50(38(11)12)62(87)73(22)51(52(77)39(13)25-23-24-26-74)57(82)67-49(42(16)75)61(86)68(17)32-48(76)69(18)45(29-35(5)6)55(80)65-43/h23-24,33-47,49-52,74-75,77H,25-32H2,1-22H3,(H,63,79)(H,64,78)(H,65,80)(H,66,81)(H,67,82)/b24-23+/t39-,40+,41-,42-,43+,44+,45+,46+,47+,49+,50+,51+,52-/m1/s1. The van der Waals surface area contributed by atoms with Crippen LogP contribution in [0.4, 0.5) is 0 Å². The molecule has 11 amide bonds. The van der Waals surface area contributed by atoms with Crippen LogP contribution in [0.3, 0.4) is 0 Å². The topological polar surface area (TPSA) is 328 Å². The third-order valence-corrected chi connectivity index (χ3v) is 15.8. The second-order valence-corrected chi connectivity index (χ2v) is 26.5. The van der Waals surface area contributed by atoms with Gasteiger partial charge in [-0.05, 0) is 101 Å². The van der Waals surface area contributed by atoms with Crippen LogP contribution in [0.25, 0.3) is 0 Å². The lowest BCUT2D eigenvalue weighted by Crippen LogP contribution is -2.64. The summed E-state index contributed by atoms with van der Waals surface area (Å²) >= 11 is 0. The van der Waals surface area contributed by atoms with Crippen molar-refractivity contribution in [3.63, 3.8) is 0 Å². The second kappa shape index (κ2) is 36.3. The Morgan fingerprint density at radius 2 is 0.828 bits per heavy atom. The molecule has 0 saturated carbocycles. The van der Waals surface area contributed by atoms with E-state index in [1.807, 2.05) is 69.2 Å². The molecule has 498 valence electrons. The lowest BCUT2D eigenvalue weighted by Gasteiger charge is -2.40. The number of aliphatic hydroxyl groups excluding tert-OH is 3. The van der Waals surface area contributed by atoms with Crippen molar-refractivity contribution in [3.05, 3.63) is 12.2 Å². The molecule has 0 bridgehead atoms. The van der Waals surface area contributed by atoms with Crippen molar-refractivity contribution in [1.82, 2.24) is 56.0 Å². The molecule has 1 rings (SSSR count). The fourth-order valence-corrected chi connectivity index (χ4v) is 10.7. The van der Waals surface area contributed by atoms with Crippen LogP contribution in [0.15, 0.2) is 12.2 Å². The molecule has 0 aromatic heterocycles. The summed E-state index contributed by atoms with van der Waals surface area (Å²) < 4.78 is 0. The van der Waals surface area contributed by atoms with Gasteiger partial charge in [-0.2, -0.15) is 0 Å². The number of amides is 11. The number of hydrogen-bond acceptors (Lipinski definition) is 14. The second-order valence-electron chi connectivity index (χ2n) is 26.5. The molecule has 8 N–H and O–H groups in total. The molecule has 13 atom stereocenters. The van der Waals surface area contributed by atoms with Crippen LogP contribution >= 0.6 is 0 Å². The van der Waals surface area contributed by atoms with E-state index in [9.17, 15) is 63.3 Å². The Morgan fingerprint density at radius 3 is 1.24 bits per heavy atom. The average Bonchev–Trinajstić information content (AvgIpc) is 1.33. The predicted molar refractivity (Wildman–Crippen MR) is 331 cm³/mol. The van der Waals surface area contributed by atoms with E-state index in [0.717, 1.165) is 19.6 Å². The molecular formula is C62H111N11O14. The Balaban J connectivity index is 4.35. The van der Waals surface area contributed by atoms with Crippen LogP contribution < -0.4 is 26.6 Å². The van der Waals surface area contributed by atoms with E-state index < -0.39 is 156 Å². The average molecular weight is 1230 g/mol. The molecule has 1 heterocycles. The monoisotopic (exact) mass is 1230 g/mol. The van der Waals surface area contributed by atoms with Crippen LogP contribution in [0, 0.1) is 41.4 Å². The summed E-state index contributed by atoms with van der Waals surface area (Å²) in [6, 6.07) is -13.4. The van der Waals surface area contributed by atoms with Gasteiger partial charge in [0, 0.05) is 42.3 Å². The fourth-order valence-electron chi connectivity index (χ4n) is 10.7. The molecule has 0 aromatic rings. The van der Waals surface area contributed by atoms with Gasteiger partial charge in [-0.3, -0.25) is 52.7 Å². The molecule has 0 aliphatic carbocycles. The molecular weight excluding hydrogens is 1120 g/mol. The smallest absolute Gasteiger partial charge is 0.248 e. The van der Waals surface area contributed by atoms with Crippen LogP contribution in [-0.2, 0) is 52.7 Å². The highest BCUT2D eigenvalue weighted by Crippen LogP contribution is 2.24. The summed E-state index contributed by atoms with van der Waals surface area (Å²) in [6.45, 7) is 26.4. The minimum absolute atomic E-state index is 0.0770. The maximum absolute atomic E-state index is 15.1. The van der Waals surface area contributed by atoms with Gasteiger partial charge in [0.1, 0.15) is 60.4 Å². The van der Waals surface area contributed by atoms with E-state index in [2.05, 4.69) is 26.6 Å². The normalized spacial score (nSPS) is 26.8. The van der Waals surface area contributed by atoms with Crippen molar-refractivity contribution < 1.29 is 68.1 Å². The lowest BCUT2D eigenvalue weighted by molar-refractivity contribution is -0.155. The maximum Gasteiger partial charge on any atom is 0.248 e. The van der Waals surface area contributed by atoms with Gasteiger partial charge in [0.05, 0.1) is 25.4 Å². The summed E-state index contributed by atoms with van der Waals surface area (Å²) in [6.07, 6.45) is 0.370. The van der Waals surface area contributed by atoms with Gasteiger partial charge >= 0.3 is 0 Å². The summed E-state index contributed by atoms with van der Waals surface area (Å²) in [5, 5.41) is 46.3. The quantitative estimate of drug-likeness (QED) is 0.0952. The highest BCUT2D eigenvalue weighted by Gasteiger charge is 2.45. The van der Waals surface area contributed by atoms with Gasteiger partial charge in [0.15, 0.2) is 0 Å². The van der Waals surface area contributed by atoms with E-state index >= 15 is 4.79 Å². The summed E-state index contributed by atoms with van der Waals surface area (Å²) in [5.74, 6) is -10.8. The SMILES string of the molecule is CC(C)C[C@@H]1NC(=O)[C@H](CC(C)C)N(C)C(=O)[C@@H](C)NC(=O)[C@H](C)NC(=O)[C@H](CC(C)C)N(C)C(=O)[C@H](CC(C)C)NC(=O)[C@H](CC(C)C)N(C)C(=O)CN(C)C(=O)[C@H]([C@@H](C)O)NC(=O)[C@H]([C@H](O)[C@H](C)C/C=C/CO)N(C)C(=O)[C@H](C(C)C)N(C)C1=O. The molecule has 0 aromatic carbocycles. The van der Waals surface area contributed by atoms with E-state index in [4.69, 9.17) is 0 Å². The fraction of sp³-hybridized carbons (Fsp3) is 0.790. The summed E-state index contributed by atoms with van der Waals surface area (Å²) in [7, 11) is 8.05. The Bertz CT molecular complexity index is 2360. The van der Waals surface area contributed by atoms with Gasteiger partial charge < -0.3 is 71.3 Å². The first-order chi connectivity index (χ1) is 40.1. The van der Waals surface area contributed by atoms with Gasteiger partial charge in [-0.15, -0.1) is 0 Å². The molecule has 1 fully saturated rings. The van der Waals surface area contributed by atoms with Crippen molar-refractivity contribution in [1.29, 1.82) is 0 Å². The van der Waals surface area contributed by atoms with Crippen LogP contribution in [0.1, 0.15) is 149 Å². The summed E-state index contributed by atoms with van der Waals surface area (Å²) in [4.78, 5) is 166. The van der Waals surface area contributed by atoms with Crippen molar-refractivity contribution in [2.24, 2.45) is 41.4 Å². The largest absolute Gasteiger partial charge is 0.392 e. The number of likely N-dealkylation sites (N-methyl/N-ethyl adjacent to an activating group) is 6. The first kappa shape index (κ1) is 78.8. The van der Waals surface area contributed by atoms with Crippen LogP contribution in [0.5, 0.6) is 0 Å². The highest BCUT2D eigenvalue weighted by molar-refractivity contribution is 5.99. The van der Waals surface area contributed by atoms with E-state index in [1.54, 1.807) is 26.8 Å². The highest BCUT2D eigenvalue weighted by atomic mass is 16.3. The molecule has 25 heteroatoms. The van der Waals surface area contributed by atoms with Crippen molar-refractivity contribution in [3.8, 4) is 0 Å². The predicted octanol–water partition coefficient (Wildman–Crippen LogP) is 1.26. The minimum Gasteiger partial charge on any atom is -0.392 e. The zero-order valence-corrected chi connectivity index (χ0v) is 56.3. The number of aliphatic hydroxyl groups is 3. The molecule has 87 heavy (non-hydrogen) atoms. The van der Waals surface area contributed by atoms with Crippen LogP contribution in [0.2, 0.25) is 0 Å². The van der Waals surface area contributed by atoms with Gasteiger partial charge in [0.25, 0.3) is 0 Å². The first-order valence-electron chi connectivity index (χ1n) is 30.9. The van der Waals surface area contributed by atoms with Gasteiger partial charge in [0.2, 0.25) is 65.0 Å². The van der Waals surface area contributed by atoms with E-state index in [0.29, 0.717) is 0 Å². The number of hydrogen-bond donors (Lipinski definition) is 8. The number of allylic oxidation sites excluding steroid dienone is 1. The first-order valence-corrected chi connectivity index (χ1v) is 30.9. The molecule has 25 nitrogen and oxygen atoms in total.